The van der Waals surface area contributed by atoms with E-state index in [4.69, 9.17) is 0 Å². The van der Waals surface area contributed by atoms with E-state index in [-0.39, 0.29) is 42.4 Å². The van der Waals surface area contributed by atoms with Crippen LogP contribution in [-0.2, 0) is 29.0 Å². The van der Waals surface area contributed by atoms with Gasteiger partial charge in [0.25, 0.3) is 0 Å². The number of halogens is 3. The molecule has 5 rings (SSSR count). The van der Waals surface area contributed by atoms with E-state index in [1.807, 2.05) is 6.07 Å². The number of fused-ring (bicyclic) bond motifs is 2. The second kappa shape index (κ2) is 8.25. The first-order chi connectivity index (χ1) is 15.7. The Kier molecular flexibility index (Phi) is 5.52. The lowest BCUT2D eigenvalue weighted by Gasteiger charge is -2.35. The highest BCUT2D eigenvalue weighted by Gasteiger charge is 2.40. The molecule has 1 aliphatic carbocycles. The van der Waals surface area contributed by atoms with Crippen LogP contribution < -0.4 is 4.90 Å². The molecule has 0 bridgehead atoms. The van der Waals surface area contributed by atoms with Crippen molar-refractivity contribution in [1.29, 1.82) is 0 Å². The topological polar surface area (TPSA) is 66.4 Å². The van der Waals surface area contributed by atoms with Crippen LogP contribution in [0.4, 0.5) is 19.0 Å². The minimum atomic E-state index is -4.67. The number of nitrogens with zero attached hydrogens (tertiary/aromatic N) is 4. The Morgan fingerprint density at radius 2 is 1.45 bits per heavy atom. The van der Waals surface area contributed by atoms with Crippen LogP contribution in [0.2, 0.25) is 0 Å². The summed E-state index contributed by atoms with van der Waals surface area (Å²) in [6.45, 7) is 0.344. The predicted octanol–water partition coefficient (Wildman–Crippen LogP) is 4.04. The number of aromatic nitrogens is 2. The van der Waals surface area contributed by atoms with E-state index in [1.54, 1.807) is 30.3 Å². The third-order valence-corrected chi connectivity index (χ3v) is 8.21. The fourth-order valence-corrected chi connectivity index (χ4v) is 6.03. The lowest BCUT2D eigenvalue weighted by atomic mass is 9.92. The SMILES string of the molecule is O=S(=O)(c1ccc2c(c1)CCCC2)N1CCN(c2nc3ccccc3nc2C(F)(F)F)CC1. The van der Waals surface area contributed by atoms with Gasteiger partial charge in [-0.2, -0.15) is 17.5 Å². The molecule has 1 aliphatic heterocycles. The number of hydrogen-bond donors (Lipinski definition) is 0. The third kappa shape index (κ3) is 4.17. The van der Waals surface area contributed by atoms with Gasteiger partial charge in [-0.3, -0.25) is 0 Å². The average Bonchev–Trinajstić information content (AvgIpc) is 2.82. The molecule has 1 saturated heterocycles. The molecule has 1 fully saturated rings. The molecule has 174 valence electrons. The zero-order valence-electron chi connectivity index (χ0n) is 17.8. The maximum atomic E-state index is 13.7. The molecule has 0 unspecified atom stereocenters. The molecular formula is C23H23F3N4O2S. The largest absolute Gasteiger partial charge is 0.437 e. The van der Waals surface area contributed by atoms with Crippen LogP contribution in [0.3, 0.4) is 0 Å². The highest BCUT2D eigenvalue weighted by atomic mass is 32.2. The highest BCUT2D eigenvalue weighted by molar-refractivity contribution is 7.89. The Bertz CT molecular complexity index is 1300. The Hall–Kier alpha value is -2.72. The number of alkyl halides is 3. The van der Waals surface area contributed by atoms with Gasteiger partial charge in [-0.25, -0.2) is 18.4 Å². The average molecular weight is 477 g/mol. The number of rotatable bonds is 3. The van der Waals surface area contributed by atoms with E-state index in [0.717, 1.165) is 31.2 Å². The predicted molar refractivity (Wildman–Crippen MR) is 119 cm³/mol. The number of hydrogen-bond acceptors (Lipinski definition) is 5. The molecule has 0 saturated carbocycles. The number of para-hydroxylation sites is 2. The van der Waals surface area contributed by atoms with Gasteiger partial charge in [-0.1, -0.05) is 18.2 Å². The summed E-state index contributed by atoms with van der Waals surface area (Å²) < 4.78 is 68.9. The minimum absolute atomic E-state index is 0.0746. The summed E-state index contributed by atoms with van der Waals surface area (Å²) in [4.78, 5) is 9.77. The molecule has 33 heavy (non-hydrogen) atoms. The fraction of sp³-hybridized carbons (Fsp3) is 0.391. The molecule has 2 heterocycles. The van der Waals surface area contributed by atoms with Crippen molar-refractivity contribution in [1.82, 2.24) is 14.3 Å². The fourth-order valence-electron chi connectivity index (χ4n) is 4.56. The van der Waals surface area contributed by atoms with Crippen LogP contribution in [0, 0.1) is 0 Å². The van der Waals surface area contributed by atoms with Gasteiger partial charge in [0.1, 0.15) is 0 Å². The maximum absolute atomic E-state index is 13.7. The summed E-state index contributed by atoms with van der Waals surface area (Å²) in [5.41, 5.74) is 1.75. The van der Waals surface area contributed by atoms with Gasteiger partial charge >= 0.3 is 6.18 Å². The number of aryl methyl sites for hydroxylation is 2. The number of benzene rings is 2. The lowest BCUT2D eigenvalue weighted by Crippen LogP contribution is -2.49. The summed E-state index contributed by atoms with van der Waals surface area (Å²) in [5, 5.41) is 0. The first kappa shape index (κ1) is 22.1. The summed E-state index contributed by atoms with van der Waals surface area (Å²) in [6, 6.07) is 11.7. The number of anilines is 1. The van der Waals surface area contributed by atoms with Gasteiger partial charge in [0.05, 0.1) is 15.9 Å². The van der Waals surface area contributed by atoms with Crippen LogP contribution >= 0.6 is 0 Å². The van der Waals surface area contributed by atoms with Crippen LogP contribution in [0.25, 0.3) is 11.0 Å². The Morgan fingerprint density at radius 1 is 0.818 bits per heavy atom. The van der Waals surface area contributed by atoms with Crippen LogP contribution in [0.5, 0.6) is 0 Å². The molecule has 10 heteroatoms. The van der Waals surface area contributed by atoms with Gasteiger partial charge in [-0.15, -0.1) is 0 Å². The van der Waals surface area contributed by atoms with Crippen molar-refractivity contribution in [2.45, 2.75) is 36.8 Å². The highest BCUT2D eigenvalue weighted by Crippen LogP contribution is 2.36. The summed E-state index contributed by atoms with van der Waals surface area (Å²) in [6.07, 6.45) is -0.684. The standard InChI is InChI=1S/C23H23F3N4O2S/c24-23(25,26)21-22(28-20-8-4-3-7-19(20)27-21)29-11-13-30(14-12-29)33(31,32)18-10-9-16-5-1-2-6-17(16)15-18/h3-4,7-10,15H,1-2,5-6,11-14H2. The second-order valence-electron chi connectivity index (χ2n) is 8.41. The Morgan fingerprint density at radius 3 is 2.12 bits per heavy atom. The molecule has 0 amide bonds. The van der Waals surface area contributed by atoms with Gasteiger partial charge in [0.2, 0.25) is 10.0 Å². The number of sulfonamides is 1. The van der Waals surface area contributed by atoms with Crippen molar-refractivity contribution in [3.8, 4) is 0 Å². The van der Waals surface area contributed by atoms with E-state index < -0.39 is 21.9 Å². The third-order valence-electron chi connectivity index (χ3n) is 6.32. The molecule has 3 aromatic rings. The van der Waals surface area contributed by atoms with Crippen LogP contribution in [0.15, 0.2) is 47.4 Å². The summed E-state index contributed by atoms with van der Waals surface area (Å²) in [7, 11) is -3.73. The smallest absolute Gasteiger partial charge is 0.352 e. The second-order valence-corrected chi connectivity index (χ2v) is 10.3. The molecule has 0 spiro atoms. The molecule has 0 radical (unpaired) electrons. The van der Waals surface area contributed by atoms with Gasteiger partial charge in [-0.05, 0) is 61.1 Å². The van der Waals surface area contributed by atoms with Crippen LogP contribution in [-0.4, -0.2) is 48.9 Å². The van der Waals surface area contributed by atoms with E-state index in [9.17, 15) is 21.6 Å². The monoisotopic (exact) mass is 476 g/mol. The molecule has 2 aromatic carbocycles. The molecular weight excluding hydrogens is 453 g/mol. The Labute approximate surface area is 190 Å². The molecule has 1 aromatic heterocycles. The summed E-state index contributed by atoms with van der Waals surface area (Å²) >= 11 is 0. The quantitative estimate of drug-likeness (QED) is 0.571. The molecule has 6 nitrogen and oxygen atoms in total. The van der Waals surface area contributed by atoms with Crippen molar-refractivity contribution in [2.24, 2.45) is 0 Å². The van der Waals surface area contributed by atoms with E-state index in [0.29, 0.717) is 5.52 Å². The van der Waals surface area contributed by atoms with E-state index >= 15 is 0 Å². The molecule has 0 atom stereocenters. The zero-order valence-corrected chi connectivity index (χ0v) is 18.7. The number of piperazine rings is 1. The van der Waals surface area contributed by atoms with Crippen molar-refractivity contribution in [3.05, 3.63) is 59.3 Å². The van der Waals surface area contributed by atoms with Gasteiger partial charge < -0.3 is 4.90 Å². The molecule has 2 aliphatic rings. The first-order valence-corrected chi connectivity index (χ1v) is 12.4. The Balaban J connectivity index is 1.40. The normalized spacial score (nSPS) is 17.8. The van der Waals surface area contributed by atoms with E-state index in [1.165, 1.54) is 20.8 Å². The summed E-state index contributed by atoms with van der Waals surface area (Å²) in [5.74, 6) is -0.257. The van der Waals surface area contributed by atoms with E-state index in [2.05, 4.69) is 9.97 Å². The molecule has 0 N–H and O–H groups in total. The van der Waals surface area contributed by atoms with Crippen LogP contribution in [0.1, 0.15) is 29.7 Å². The van der Waals surface area contributed by atoms with Crippen molar-refractivity contribution >= 4 is 26.9 Å². The minimum Gasteiger partial charge on any atom is -0.352 e. The van der Waals surface area contributed by atoms with Gasteiger partial charge in [0.15, 0.2) is 11.5 Å². The lowest BCUT2D eigenvalue weighted by molar-refractivity contribution is -0.140. The van der Waals surface area contributed by atoms with Crippen molar-refractivity contribution in [2.75, 3.05) is 31.1 Å². The van der Waals surface area contributed by atoms with Crippen molar-refractivity contribution < 1.29 is 21.6 Å². The van der Waals surface area contributed by atoms with Gasteiger partial charge in [0, 0.05) is 26.2 Å². The zero-order chi connectivity index (χ0) is 23.2. The maximum Gasteiger partial charge on any atom is 0.437 e. The first-order valence-electron chi connectivity index (χ1n) is 10.9. The van der Waals surface area contributed by atoms with Crippen molar-refractivity contribution in [3.63, 3.8) is 0 Å².